The van der Waals surface area contributed by atoms with Crippen LogP contribution in [-0.2, 0) is 49.8 Å². The summed E-state index contributed by atoms with van der Waals surface area (Å²) in [6, 6.07) is 35.9. The molecule has 0 aliphatic carbocycles. The van der Waals surface area contributed by atoms with Crippen molar-refractivity contribution in [3.63, 3.8) is 0 Å². The molecule has 8 rings (SSSR count). The fourth-order valence-electron chi connectivity index (χ4n) is 8.75. The molecule has 0 amide bonds. The van der Waals surface area contributed by atoms with E-state index in [1.54, 1.807) is 37.7 Å². The van der Waals surface area contributed by atoms with Crippen LogP contribution in [0.25, 0.3) is 0 Å². The predicted octanol–water partition coefficient (Wildman–Crippen LogP) is 8.14. The molecule has 4 heterocycles. The molecule has 1 N–H and O–H groups in total. The van der Waals surface area contributed by atoms with Crippen molar-refractivity contribution in [3.8, 4) is 11.5 Å². The average molecular weight is 939 g/mol. The van der Waals surface area contributed by atoms with Gasteiger partial charge in [-0.2, -0.15) is 0 Å². The van der Waals surface area contributed by atoms with Gasteiger partial charge in [0.05, 0.1) is 51.8 Å². The fourth-order valence-corrected chi connectivity index (χ4v) is 11.0. The summed E-state index contributed by atoms with van der Waals surface area (Å²) in [5.41, 5.74) is 4.15. The number of amidine groups is 2. The van der Waals surface area contributed by atoms with E-state index in [-0.39, 0.29) is 58.9 Å². The van der Waals surface area contributed by atoms with Gasteiger partial charge < -0.3 is 43.3 Å². The van der Waals surface area contributed by atoms with Gasteiger partial charge in [-0.25, -0.2) is 0 Å². The normalized spacial score (nSPS) is 27.0. The third kappa shape index (κ3) is 12.6. The van der Waals surface area contributed by atoms with Crippen LogP contribution in [-0.4, -0.2) is 127 Å². The smallest absolute Gasteiger partial charge is 0.162 e. The molecule has 0 radical (unpaired) electrons. The number of benzene rings is 4. The highest BCUT2D eigenvalue weighted by molar-refractivity contribution is 8.14. The van der Waals surface area contributed by atoms with Crippen LogP contribution in [0.3, 0.4) is 0 Å². The van der Waals surface area contributed by atoms with E-state index in [0.29, 0.717) is 32.5 Å². The molecule has 0 aromatic heterocycles. The van der Waals surface area contributed by atoms with Gasteiger partial charge in [0.15, 0.2) is 16.1 Å². The number of aryl methyl sites for hydroxylation is 2. The number of carbonyl (C=O) groups is 1. The summed E-state index contributed by atoms with van der Waals surface area (Å²) < 4.78 is 36.1. The fraction of sp³-hybridized carbons (Fsp3) is 0.481. The number of hydrogen-bond donors (Lipinski definition) is 1. The Labute approximate surface area is 399 Å². The number of methoxy groups -OCH3 is 2. The molecule has 0 saturated carbocycles. The second-order valence-corrected chi connectivity index (χ2v) is 19.9. The molecular formula is C52H66N4O8S2. The van der Waals surface area contributed by atoms with Crippen molar-refractivity contribution in [1.82, 2.24) is 9.80 Å². The summed E-state index contributed by atoms with van der Waals surface area (Å²) in [6.45, 7) is 5.17. The molecule has 11 atom stereocenters. The Kier molecular flexibility index (Phi) is 17.7. The maximum absolute atomic E-state index is 13.3. The molecule has 0 spiro atoms. The number of aliphatic hydroxyl groups is 1. The summed E-state index contributed by atoms with van der Waals surface area (Å²) >= 11 is 3.20. The summed E-state index contributed by atoms with van der Waals surface area (Å²) in [7, 11) is 11.3. The van der Waals surface area contributed by atoms with Crippen LogP contribution in [0.2, 0.25) is 0 Å². The lowest BCUT2D eigenvalue weighted by molar-refractivity contribution is -0.169. The number of hydrogen-bond acceptors (Lipinski definition) is 14. The zero-order valence-corrected chi connectivity index (χ0v) is 41.0. The van der Waals surface area contributed by atoms with E-state index in [4.69, 9.17) is 38.4 Å². The maximum atomic E-state index is 13.3. The Balaban J connectivity index is 0.000000196. The lowest BCUT2D eigenvalue weighted by atomic mass is 9.85. The van der Waals surface area contributed by atoms with Crippen LogP contribution in [0.15, 0.2) is 119 Å². The van der Waals surface area contributed by atoms with E-state index in [0.717, 1.165) is 44.9 Å². The Hall–Kier alpha value is -4.41. The summed E-state index contributed by atoms with van der Waals surface area (Å²) in [5.74, 6) is 1.68. The molecule has 4 aliphatic rings. The second kappa shape index (κ2) is 23.5. The number of ketones is 1. The molecule has 2 fully saturated rings. The first-order valence-electron chi connectivity index (χ1n) is 22.8. The number of aliphatic hydroxyl groups excluding tert-OH is 1. The van der Waals surface area contributed by atoms with E-state index in [1.807, 2.05) is 123 Å². The molecule has 354 valence electrons. The number of carbonyl (C=O) groups excluding carboxylic acids is 1. The minimum atomic E-state index is -0.588. The van der Waals surface area contributed by atoms with Gasteiger partial charge in [-0.1, -0.05) is 122 Å². The minimum absolute atomic E-state index is 0.00620. The number of thioether (sulfide) groups is 2. The van der Waals surface area contributed by atoms with Crippen LogP contribution >= 0.6 is 23.5 Å². The monoisotopic (exact) mass is 938 g/mol. The summed E-state index contributed by atoms with van der Waals surface area (Å²) in [4.78, 5) is 27.1. The predicted molar refractivity (Wildman–Crippen MR) is 264 cm³/mol. The quantitative estimate of drug-likeness (QED) is 0.117. The van der Waals surface area contributed by atoms with Gasteiger partial charge >= 0.3 is 0 Å². The van der Waals surface area contributed by atoms with Crippen molar-refractivity contribution in [1.29, 1.82) is 0 Å². The van der Waals surface area contributed by atoms with Crippen LogP contribution in [0.5, 0.6) is 11.5 Å². The van der Waals surface area contributed by atoms with Crippen molar-refractivity contribution in [2.75, 3.05) is 42.4 Å². The van der Waals surface area contributed by atoms with Gasteiger partial charge in [-0.05, 0) is 65.8 Å². The van der Waals surface area contributed by atoms with Crippen molar-refractivity contribution in [2.45, 2.75) is 106 Å². The standard InChI is InChI=1S/C26H34N2O4S.C26H32N2O4S/c2*1-17-23(21(29)15-12-18-10-13-20(30-4)14-11-18)32-25-22(27-26(33-25)28(2)3)24(17)31-16-19-8-6-5-7-9-19/h5-11,13-14,17,21-25,29H,12,15-16H2,1-4H3;5-11,13-14,17,22-25H,12,15-16H2,1-4H3/t17-,21?,22-,23+,24+,25-;17-,22-,23+,24+,25-/m11/s1. The van der Waals surface area contributed by atoms with Gasteiger partial charge in [-0.3, -0.25) is 14.8 Å². The summed E-state index contributed by atoms with van der Waals surface area (Å²) in [5, 5.41) is 13.0. The van der Waals surface area contributed by atoms with Crippen LogP contribution in [0.1, 0.15) is 48.9 Å². The van der Waals surface area contributed by atoms with Crippen LogP contribution < -0.4 is 9.47 Å². The maximum Gasteiger partial charge on any atom is 0.162 e. The third-order valence-corrected chi connectivity index (χ3v) is 15.1. The Bertz CT molecular complexity index is 2200. The Morgan fingerprint density at radius 2 is 1.09 bits per heavy atom. The molecular weight excluding hydrogens is 873 g/mol. The van der Waals surface area contributed by atoms with E-state index in [9.17, 15) is 9.90 Å². The largest absolute Gasteiger partial charge is 0.497 e. The number of fused-ring (bicyclic) bond motifs is 2. The lowest BCUT2D eigenvalue weighted by Crippen LogP contribution is -2.55. The zero-order chi connectivity index (χ0) is 46.7. The zero-order valence-electron chi connectivity index (χ0n) is 39.4. The molecule has 1 unspecified atom stereocenters. The van der Waals surface area contributed by atoms with Crippen molar-refractivity contribution >= 4 is 39.6 Å². The van der Waals surface area contributed by atoms with Gasteiger partial charge in [0.1, 0.15) is 40.6 Å². The minimum Gasteiger partial charge on any atom is -0.497 e. The van der Waals surface area contributed by atoms with Crippen LogP contribution in [0, 0.1) is 11.8 Å². The number of aliphatic imine (C=N–C) groups is 2. The van der Waals surface area contributed by atoms with Crippen molar-refractivity contribution in [3.05, 3.63) is 131 Å². The highest BCUT2D eigenvalue weighted by atomic mass is 32.2. The topological polar surface area (TPSA) is 124 Å². The molecule has 4 aromatic rings. The highest BCUT2D eigenvalue weighted by Crippen LogP contribution is 2.43. The van der Waals surface area contributed by atoms with Crippen molar-refractivity contribution < 1.29 is 38.3 Å². The SMILES string of the molecule is COc1ccc(CCC(=O)[C@H]2O[C@@H]3SC(N(C)C)=N[C@@H]3[C@@H](OCc3ccccc3)[C@@H]2C)cc1.COc1ccc(CCC(O)[C@H]2O[C@@H]3SC(N(C)C)=N[C@@H]3[C@@H](OCc3ccccc3)[C@@H]2C)cc1. The van der Waals surface area contributed by atoms with Gasteiger partial charge in [-0.15, -0.1) is 0 Å². The molecule has 2 saturated heterocycles. The molecule has 4 aromatic carbocycles. The Morgan fingerprint density at radius 1 is 0.636 bits per heavy atom. The molecule has 14 heteroatoms. The van der Waals surface area contributed by atoms with E-state index in [2.05, 4.69) is 38.1 Å². The average Bonchev–Trinajstić information content (AvgIpc) is 3.98. The first-order chi connectivity index (χ1) is 31.9. The number of Topliss-reactive ketones (excluding diaryl/α,β-unsaturated/α-hetero) is 1. The first kappa shape index (κ1) is 49.5. The highest BCUT2D eigenvalue weighted by Gasteiger charge is 2.51. The summed E-state index contributed by atoms with van der Waals surface area (Å²) in [6.07, 6.45) is 0.767. The van der Waals surface area contributed by atoms with E-state index >= 15 is 0 Å². The molecule has 12 nitrogen and oxygen atoms in total. The van der Waals surface area contributed by atoms with E-state index in [1.165, 1.54) is 5.56 Å². The molecule has 4 aliphatic heterocycles. The lowest BCUT2D eigenvalue weighted by Gasteiger charge is -2.43. The van der Waals surface area contributed by atoms with Gasteiger partial charge in [0.2, 0.25) is 0 Å². The Morgan fingerprint density at radius 3 is 1.56 bits per heavy atom. The second-order valence-electron chi connectivity index (χ2n) is 17.7. The van der Waals surface area contributed by atoms with Crippen LogP contribution in [0.4, 0.5) is 0 Å². The number of ether oxygens (including phenoxy) is 6. The van der Waals surface area contributed by atoms with Gasteiger partial charge in [0, 0.05) is 46.4 Å². The van der Waals surface area contributed by atoms with E-state index < -0.39 is 12.2 Å². The van der Waals surface area contributed by atoms with Crippen molar-refractivity contribution in [2.24, 2.45) is 21.8 Å². The number of nitrogens with zero attached hydrogens (tertiary/aromatic N) is 4. The molecule has 0 bridgehead atoms. The first-order valence-corrected chi connectivity index (χ1v) is 24.6. The third-order valence-electron chi connectivity index (χ3n) is 12.5. The molecule has 66 heavy (non-hydrogen) atoms. The van der Waals surface area contributed by atoms with Gasteiger partial charge in [0.25, 0.3) is 0 Å². The number of rotatable bonds is 16.